The van der Waals surface area contributed by atoms with Crippen LogP contribution in [0.4, 0.5) is 0 Å². The van der Waals surface area contributed by atoms with Gasteiger partial charge in [-0.3, -0.25) is 4.79 Å². The van der Waals surface area contributed by atoms with Gasteiger partial charge in [0.05, 0.1) is 12.5 Å². The standard InChI is InChI=1S/C14H18N2O/c1-14(2,3)12-6-4-11(5-7-12)10-13(17)16-9-8-15/h4-7H,9-10H2,1-3H3,(H,16,17). The molecule has 0 atom stereocenters. The zero-order chi connectivity index (χ0) is 12.9. The van der Waals surface area contributed by atoms with Gasteiger partial charge in [0.1, 0.15) is 6.54 Å². The lowest BCUT2D eigenvalue weighted by Gasteiger charge is -2.19. The second kappa shape index (κ2) is 5.49. The van der Waals surface area contributed by atoms with E-state index in [1.54, 1.807) is 0 Å². The summed E-state index contributed by atoms with van der Waals surface area (Å²) in [6, 6.07) is 9.91. The molecule has 0 aliphatic carbocycles. The molecule has 0 bridgehead atoms. The Morgan fingerprint density at radius 2 is 1.88 bits per heavy atom. The summed E-state index contributed by atoms with van der Waals surface area (Å²) in [6.07, 6.45) is 0.325. The Kier molecular flexibility index (Phi) is 4.28. The SMILES string of the molecule is CC(C)(C)c1ccc(CC(=O)NCC#N)cc1. The topological polar surface area (TPSA) is 52.9 Å². The lowest BCUT2D eigenvalue weighted by atomic mass is 9.86. The summed E-state index contributed by atoms with van der Waals surface area (Å²) in [5.74, 6) is -0.116. The molecule has 0 unspecified atom stereocenters. The molecule has 17 heavy (non-hydrogen) atoms. The molecule has 0 spiro atoms. The van der Waals surface area contributed by atoms with Gasteiger partial charge in [-0.2, -0.15) is 5.26 Å². The number of carbonyl (C=O) groups excluding carboxylic acids is 1. The molecule has 1 rings (SSSR count). The van der Waals surface area contributed by atoms with Gasteiger partial charge in [-0.15, -0.1) is 0 Å². The molecule has 0 heterocycles. The van der Waals surface area contributed by atoms with Gasteiger partial charge in [0.15, 0.2) is 0 Å². The van der Waals surface area contributed by atoms with Gasteiger partial charge in [0.25, 0.3) is 0 Å². The lowest BCUT2D eigenvalue weighted by molar-refractivity contribution is -0.120. The van der Waals surface area contributed by atoms with Crippen LogP contribution in [0, 0.1) is 11.3 Å². The van der Waals surface area contributed by atoms with Crippen LogP contribution in [0.5, 0.6) is 0 Å². The maximum atomic E-state index is 11.4. The second-order valence-electron chi connectivity index (χ2n) is 5.06. The molecule has 1 amide bonds. The first-order valence-electron chi connectivity index (χ1n) is 5.66. The third-order valence-corrected chi connectivity index (χ3v) is 2.55. The maximum Gasteiger partial charge on any atom is 0.225 e. The molecule has 3 nitrogen and oxygen atoms in total. The van der Waals surface area contributed by atoms with Crippen molar-refractivity contribution >= 4 is 5.91 Å². The maximum absolute atomic E-state index is 11.4. The number of nitrogens with one attached hydrogen (secondary N) is 1. The first-order valence-corrected chi connectivity index (χ1v) is 5.66. The average molecular weight is 230 g/mol. The molecule has 0 radical (unpaired) electrons. The molecule has 1 N–H and O–H groups in total. The molecule has 0 fully saturated rings. The highest BCUT2D eigenvalue weighted by Crippen LogP contribution is 2.22. The fourth-order valence-corrected chi connectivity index (χ4v) is 1.51. The van der Waals surface area contributed by atoms with Crippen LogP contribution in [0.15, 0.2) is 24.3 Å². The quantitative estimate of drug-likeness (QED) is 0.809. The smallest absolute Gasteiger partial charge is 0.225 e. The first kappa shape index (κ1) is 13.2. The predicted molar refractivity (Wildman–Crippen MR) is 67.5 cm³/mol. The van der Waals surface area contributed by atoms with E-state index >= 15 is 0 Å². The number of amides is 1. The molecule has 0 aromatic heterocycles. The van der Waals surface area contributed by atoms with Gasteiger partial charge in [0.2, 0.25) is 5.91 Å². The van der Waals surface area contributed by atoms with E-state index in [1.807, 2.05) is 30.3 Å². The molecular formula is C14H18N2O. The van der Waals surface area contributed by atoms with E-state index in [9.17, 15) is 4.79 Å². The van der Waals surface area contributed by atoms with Gasteiger partial charge < -0.3 is 5.32 Å². The molecule has 1 aromatic carbocycles. The van der Waals surface area contributed by atoms with Crippen molar-refractivity contribution in [1.82, 2.24) is 5.32 Å². The highest BCUT2D eigenvalue weighted by molar-refractivity contribution is 5.78. The molecule has 1 aromatic rings. The summed E-state index contributed by atoms with van der Waals surface area (Å²) in [6.45, 7) is 6.53. The van der Waals surface area contributed by atoms with E-state index < -0.39 is 0 Å². The van der Waals surface area contributed by atoms with Crippen molar-refractivity contribution in [3.8, 4) is 6.07 Å². The molecule has 0 saturated heterocycles. The van der Waals surface area contributed by atoms with E-state index in [2.05, 4.69) is 26.1 Å². The number of carbonyl (C=O) groups is 1. The summed E-state index contributed by atoms with van der Waals surface area (Å²) in [5.41, 5.74) is 2.34. The normalized spacial score (nSPS) is 10.7. The minimum atomic E-state index is -0.116. The fourth-order valence-electron chi connectivity index (χ4n) is 1.51. The summed E-state index contributed by atoms with van der Waals surface area (Å²) < 4.78 is 0. The fraction of sp³-hybridized carbons (Fsp3) is 0.429. The Morgan fingerprint density at radius 1 is 1.29 bits per heavy atom. The van der Waals surface area contributed by atoms with E-state index in [4.69, 9.17) is 5.26 Å². The number of nitriles is 1. The van der Waals surface area contributed by atoms with Crippen molar-refractivity contribution in [3.63, 3.8) is 0 Å². The summed E-state index contributed by atoms with van der Waals surface area (Å²) in [4.78, 5) is 11.4. The zero-order valence-corrected chi connectivity index (χ0v) is 10.6. The molecule has 0 saturated carbocycles. The molecule has 3 heteroatoms. The van der Waals surface area contributed by atoms with E-state index in [-0.39, 0.29) is 17.9 Å². The van der Waals surface area contributed by atoms with Gasteiger partial charge in [0, 0.05) is 0 Å². The van der Waals surface area contributed by atoms with Crippen molar-refractivity contribution in [2.45, 2.75) is 32.6 Å². The highest BCUT2D eigenvalue weighted by Gasteiger charge is 2.13. The van der Waals surface area contributed by atoms with Crippen LogP contribution in [0.3, 0.4) is 0 Å². The largest absolute Gasteiger partial charge is 0.343 e. The minimum Gasteiger partial charge on any atom is -0.343 e. The summed E-state index contributed by atoms with van der Waals surface area (Å²) in [5, 5.41) is 10.9. The van der Waals surface area contributed by atoms with Crippen molar-refractivity contribution in [2.24, 2.45) is 0 Å². The van der Waals surface area contributed by atoms with Gasteiger partial charge in [-0.1, -0.05) is 45.0 Å². The number of hydrogen-bond donors (Lipinski definition) is 1. The number of benzene rings is 1. The Hall–Kier alpha value is -1.82. The predicted octanol–water partition coefficient (Wildman–Crippen LogP) is 2.17. The van der Waals surface area contributed by atoms with Crippen LogP contribution in [0.2, 0.25) is 0 Å². The van der Waals surface area contributed by atoms with E-state index in [0.717, 1.165) is 5.56 Å². The van der Waals surface area contributed by atoms with Gasteiger partial charge >= 0.3 is 0 Å². The number of nitrogens with zero attached hydrogens (tertiary/aromatic N) is 1. The van der Waals surface area contributed by atoms with E-state index in [0.29, 0.717) is 6.42 Å². The van der Waals surface area contributed by atoms with Crippen molar-refractivity contribution in [2.75, 3.05) is 6.54 Å². The number of rotatable bonds is 3. The Bertz CT molecular complexity index is 421. The lowest BCUT2D eigenvalue weighted by Crippen LogP contribution is -2.25. The van der Waals surface area contributed by atoms with Crippen LogP contribution in [0.25, 0.3) is 0 Å². The molecule has 0 aliphatic rings. The van der Waals surface area contributed by atoms with Gasteiger partial charge in [-0.05, 0) is 16.5 Å². The Labute approximate surface area is 102 Å². The minimum absolute atomic E-state index is 0.0684. The van der Waals surface area contributed by atoms with Crippen LogP contribution >= 0.6 is 0 Å². The summed E-state index contributed by atoms with van der Waals surface area (Å²) >= 11 is 0. The van der Waals surface area contributed by atoms with E-state index in [1.165, 1.54) is 5.56 Å². The second-order valence-corrected chi connectivity index (χ2v) is 5.06. The van der Waals surface area contributed by atoms with Crippen LogP contribution in [0.1, 0.15) is 31.9 Å². The number of hydrogen-bond acceptors (Lipinski definition) is 2. The van der Waals surface area contributed by atoms with Crippen molar-refractivity contribution in [3.05, 3.63) is 35.4 Å². The molecule has 90 valence electrons. The van der Waals surface area contributed by atoms with Crippen molar-refractivity contribution < 1.29 is 4.79 Å². The Balaban J connectivity index is 2.63. The molecular weight excluding hydrogens is 212 g/mol. The third-order valence-electron chi connectivity index (χ3n) is 2.55. The summed E-state index contributed by atoms with van der Waals surface area (Å²) in [7, 11) is 0. The van der Waals surface area contributed by atoms with Crippen molar-refractivity contribution in [1.29, 1.82) is 5.26 Å². The third kappa shape index (κ3) is 4.28. The molecule has 0 aliphatic heterocycles. The van der Waals surface area contributed by atoms with Crippen LogP contribution < -0.4 is 5.32 Å². The van der Waals surface area contributed by atoms with Gasteiger partial charge in [-0.25, -0.2) is 0 Å². The monoisotopic (exact) mass is 230 g/mol. The average Bonchev–Trinajstić information content (AvgIpc) is 2.26. The Morgan fingerprint density at radius 3 is 2.35 bits per heavy atom. The zero-order valence-electron chi connectivity index (χ0n) is 10.6. The first-order chi connectivity index (χ1) is 7.93. The highest BCUT2D eigenvalue weighted by atomic mass is 16.1. The van der Waals surface area contributed by atoms with Crippen LogP contribution in [-0.4, -0.2) is 12.5 Å². The van der Waals surface area contributed by atoms with Crippen LogP contribution in [-0.2, 0) is 16.6 Å².